The summed E-state index contributed by atoms with van der Waals surface area (Å²) in [4.78, 5) is 26.5. The number of carbonyl (C=O) groups is 2. The van der Waals surface area contributed by atoms with E-state index in [4.69, 9.17) is 27.9 Å². The normalized spacial score (nSPS) is 11.9. The number of amides is 2. The van der Waals surface area contributed by atoms with Gasteiger partial charge in [0.2, 0.25) is 5.91 Å². The van der Waals surface area contributed by atoms with Crippen molar-refractivity contribution in [2.24, 2.45) is 0 Å². The summed E-state index contributed by atoms with van der Waals surface area (Å²) in [6, 6.07) is 20.2. The predicted octanol–water partition coefficient (Wildman–Crippen LogP) is 5.84. The van der Waals surface area contributed by atoms with Crippen molar-refractivity contribution in [1.82, 2.24) is 5.32 Å². The van der Waals surface area contributed by atoms with Crippen molar-refractivity contribution in [1.29, 1.82) is 0 Å². The fraction of sp³-hybridized carbons (Fsp3) is 0.111. The van der Waals surface area contributed by atoms with E-state index in [1.165, 1.54) is 48.8 Å². The highest BCUT2D eigenvalue weighted by Crippen LogP contribution is 2.31. The number of benzene rings is 3. The van der Waals surface area contributed by atoms with E-state index >= 15 is 0 Å². The van der Waals surface area contributed by atoms with E-state index in [-0.39, 0.29) is 44.4 Å². The molecule has 8 nitrogen and oxygen atoms in total. The molecule has 4 aromatic rings. The highest BCUT2D eigenvalue weighted by atomic mass is 35.5. The lowest BCUT2D eigenvalue weighted by atomic mass is 10.0. The fourth-order valence-corrected chi connectivity index (χ4v) is 5.72. The molecule has 0 aliphatic carbocycles. The van der Waals surface area contributed by atoms with Crippen molar-refractivity contribution < 1.29 is 22.7 Å². The van der Waals surface area contributed by atoms with Gasteiger partial charge in [-0.05, 0) is 53.4 Å². The molecule has 0 radical (unpaired) electrons. The van der Waals surface area contributed by atoms with Crippen LogP contribution in [0.3, 0.4) is 0 Å². The number of halogens is 2. The zero-order chi connectivity index (χ0) is 28.0. The summed E-state index contributed by atoms with van der Waals surface area (Å²) in [5.41, 5.74) is 1.23. The molecular weight excluding hydrogens is 581 g/mol. The molecule has 0 aliphatic rings. The Morgan fingerprint density at radius 1 is 0.949 bits per heavy atom. The number of hydrogen-bond acceptors (Lipinski definition) is 6. The minimum absolute atomic E-state index is 0.0848. The van der Waals surface area contributed by atoms with Gasteiger partial charge >= 0.3 is 0 Å². The summed E-state index contributed by atoms with van der Waals surface area (Å²) >= 11 is 13.2. The quantitative estimate of drug-likeness (QED) is 0.210. The van der Waals surface area contributed by atoms with Gasteiger partial charge in [0.15, 0.2) is 0 Å². The fourth-order valence-electron chi connectivity index (χ4n) is 3.64. The largest absolute Gasteiger partial charge is 0.495 e. The van der Waals surface area contributed by atoms with E-state index in [9.17, 15) is 18.0 Å². The maximum Gasteiger partial charge on any atom is 0.262 e. The van der Waals surface area contributed by atoms with E-state index in [1.54, 1.807) is 23.6 Å². The van der Waals surface area contributed by atoms with Crippen molar-refractivity contribution in [3.63, 3.8) is 0 Å². The average molecular weight is 605 g/mol. The molecule has 12 heteroatoms. The molecule has 0 unspecified atom stereocenters. The molecule has 39 heavy (non-hydrogen) atoms. The van der Waals surface area contributed by atoms with Gasteiger partial charge in [0.05, 0.1) is 32.6 Å². The van der Waals surface area contributed by atoms with E-state index in [0.29, 0.717) is 4.88 Å². The minimum Gasteiger partial charge on any atom is -0.495 e. The van der Waals surface area contributed by atoms with Gasteiger partial charge in [0, 0.05) is 12.1 Å². The first-order valence-corrected chi connectivity index (χ1v) is 14.6. The van der Waals surface area contributed by atoms with Crippen LogP contribution >= 0.6 is 34.5 Å². The molecule has 0 bridgehead atoms. The zero-order valence-corrected chi connectivity index (χ0v) is 23.6. The lowest BCUT2D eigenvalue weighted by molar-refractivity contribution is -0.118. The summed E-state index contributed by atoms with van der Waals surface area (Å²) < 4.78 is 33.8. The van der Waals surface area contributed by atoms with Gasteiger partial charge in [-0.1, -0.05) is 59.6 Å². The highest BCUT2D eigenvalue weighted by molar-refractivity contribution is 7.92. The minimum atomic E-state index is -4.07. The van der Waals surface area contributed by atoms with Gasteiger partial charge in [-0.25, -0.2) is 8.42 Å². The second-order valence-corrected chi connectivity index (χ2v) is 11.7. The van der Waals surface area contributed by atoms with Crippen LogP contribution in [0.25, 0.3) is 0 Å². The van der Waals surface area contributed by atoms with E-state index in [2.05, 4.69) is 15.4 Å². The predicted molar refractivity (Wildman–Crippen MR) is 155 cm³/mol. The van der Waals surface area contributed by atoms with E-state index in [1.807, 2.05) is 30.3 Å². The summed E-state index contributed by atoms with van der Waals surface area (Å²) in [7, 11) is -2.68. The van der Waals surface area contributed by atoms with Crippen LogP contribution in [0.5, 0.6) is 5.75 Å². The highest BCUT2D eigenvalue weighted by Gasteiger charge is 2.24. The van der Waals surface area contributed by atoms with Gasteiger partial charge in [0.25, 0.3) is 15.9 Å². The number of nitrogens with one attached hydrogen (secondary N) is 3. The summed E-state index contributed by atoms with van der Waals surface area (Å²) in [6.07, 6.45) is 0.247. The molecule has 0 saturated carbocycles. The van der Waals surface area contributed by atoms with Crippen molar-refractivity contribution >= 4 is 67.8 Å². The van der Waals surface area contributed by atoms with Gasteiger partial charge in [-0.15, -0.1) is 11.3 Å². The Morgan fingerprint density at radius 2 is 1.72 bits per heavy atom. The number of ether oxygens (including phenoxy) is 1. The van der Waals surface area contributed by atoms with Gasteiger partial charge < -0.3 is 15.4 Å². The van der Waals surface area contributed by atoms with Crippen molar-refractivity contribution in [2.45, 2.75) is 17.4 Å². The maximum absolute atomic E-state index is 13.3. The number of methoxy groups -OCH3 is 1. The maximum atomic E-state index is 13.3. The Morgan fingerprint density at radius 3 is 2.38 bits per heavy atom. The van der Waals surface area contributed by atoms with Crippen molar-refractivity contribution in [2.75, 3.05) is 17.1 Å². The van der Waals surface area contributed by atoms with E-state index < -0.39 is 22.0 Å². The molecule has 0 fully saturated rings. The standard InChI is InChI=1S/C27H23Cl2N3O5S2/c1-37-24-12-9-18(15-22(24)32-39(35,36)19-10-11-20(28)21(29)16-19)30-26(33)23(14-17-6-3-2-4-7-17)31-27(34)25-8-5-13-38-25/h2-13,15-16,23,32H,14H2,1H3,(H,30,33)(H,31,34)/t23-/m0/s1. The number of anilines is 2. The van der Waals surface area contributed by atoms with Crippen molar-refractivity contribution in [3.8, 4) is 5.75 Å². The van der Waals surface area contributed by atoms with Crippen LogP contribution in [-0.2, 0) is 21.2 Å². The summed E-state index contributed by atoms with van der Waals surface area (Å²) in [5, 5.41) is 7.64. The first-order valence-electron chi connectivity index (χ1n) is 11.5. The second kappa shape index (κ2) is 12.5. The Kier molecular flexibility index (Phi) is 9.13. The number of carbonyl (C=O) groups excluding carboxylic acids is 2. The van der Waals surface area contributed by atoms with Crippen LogP contribution in [0.15, 0.2) is 89.1 Å². The average Bonchev–Trinajstić information content (AvgIpc) is 3.46. The Balaban J connectivity index is 1.57. The molecule has 0 spiro atoms. The molecule has 3 N–H and O–H groups in total. The number of sulfonamides is 1. The molecule has 202 valence electrons. The first kappa shape index (κ1) is 28.4. The van der Waals surface area contributed by atoms with E-state index in [0.717, 1.165) is 5.56 Å². The number of thiophene rings is 1. The second-order valence-electron chi connectivity index (χ2n) is 8.28. The monoisotopic (exact) mass is 603 g/mol. The van der Waals surface area contributed by atoms with Gasteiger partial charge in [0.1, 0.15) is 11.8 Å². The van der Waals surface area contributed by atoms with Crippen molar-refractivity contribution in [3.05, 3.63) is 105 Å². The molecule has 1 atom stereocenters. The molecule has 2 amide bonds. The first-order chi connectivity index (χ1) is 18.7. The smallest absolute Gasteiger partial charge is 0.262 e. The van der Waals surface area contributed by atoms with Crippen LogP contribution in [0.4, 0.5) is 11.4 Å². The Bertz CT molecular complexity index is 1580. The molecule has 4 rings (SSSR count). The third-order valence-electron chi connectivity index (χ3n) is 5.56. The third kappa shape index (κ3) is 7.30. The van der Waals surface area contributed by atoms with Crippen LogP contribution in [-0.4, -0.2) is 33.4 Å². The van der Waals surface area contributed by atoms with Crippen LogP contribution in [0, 0.1) is 0 Å². The van der Waals surface area contributed by atoms with Crippen LogP contribution < -0.4 is 20.1 Å². The summed E-state index contributed by atoms with van der Waals surface area (Å²) in [5.74, 6) is -0.624. The zero-order valence-electron chi connectivity index (χ0n) is 20.5. The van der Waals surface area contributed by atoms with Gasteiger partial charge in [-0.3, -0.25) is 14.3 Å². The topological polar surface area (TPSA) is 114 Å². The SMILES string of the molecule is COc1ccc(NC(=O)[C@H](Cc2ccccc2)NC(=O)c2cccs2)cc1NS(=O)(=O)c1ccc(Cl)c(Cl)c1. The number of hydrogen-bond donors (Lipinski definition) is 3. The molecular formula is C27H23Cl2N3O5S2. The Labute approximate surface area is 240 Å². The third-order valence-corrected chi connectivity index (χ3v) is 8.53. The molecule has 0 saturated heterocycles. The summed E-state index contributed by atoms with van der Waals surface area (Å²) in [6.45, 7) is 0. The molecule has 3 aromatic carbocycles. The molecule has 1 aromatic heterocycles. The molecule has 1 heterocycles. The lowest BCUT2D eigenvalue weighted by Crippen LogP contribution is -2.45. The van der Waals surface area contributed by atoms with Gasteiger partial charge in [-0.2, -0.15) is 0 Å². The Hall–Kier alpha value is -3.57. The van der Waals surface area contributed by atoms with Crippen LogP contribution in [0.2, 0.25) is 10.0 Å². The lowest BCUT2D eigenvalue weighted by Gasteiger charge is -2.19. The number of rotatable bonds is 10. The molecule has 0 aliphatic heterocycles. The van der Waals surface area contributed by atoms with Crippen LogP contribution in [0.1, 0.15) is 15.2 Å².